The average Bonchev–Trinajstić information content (AvgIpc) is 2.54. The highest BCUT2D eigenvalue weighted by atomic mass is 16.1. The van der Waals surface area contributed by atoms with Crippen LogP contribution in [0.4, 0.5) is 5.69 Å². The summed E-state index contributed by atoms with van der Waals surface area (Å²) < 4.78 is 0. The van der Waals surface area contributed by atoms with E-state index in [2.05, 4.69) is 43.4 Å². The molecule has 0 heterocycles. The van der Waals surface area contributed by atoms with Gasteiger partial charge in [0, 0.05) is 12.1 Å². The van der Waals surface area contributed by atoms with Gasteiger partial charge in [0.15, 0.2) is 0 Å². The van der Waals surface area contributed by atoms with Crippen LogP contribution < -0.4 is 11.1 Å². The third-order valence-corrected chi connectivity index (χ3v) is 4.94. The number of nitrogen functional groups attached to an aromatic ring is 1. The van der Waals surface area contributed by atoms with Crippen LogP contribution in [0.15, 0.2) is 36.4 Å². The Bertz CT molecular complexity index is 751. The zero-order valence-electron chi connectivity index (χ0n) is 14.6. The van der Waals surface area contributed by atoms with E-state index in [0.717, 1.165) is 31.4 Å². The molecule has 1 amide bonds. The van der Waals surface area contributed by atoms with Crippen LogP contribution in [0.2, 0.25) is 0 Å². The number of carbonyl (C=O) groups excluding carboxylic acids is 1. The number of nitrogens with two attached hydrogens (primary N) is 1. The molecule has 3 rings (SSSR count). The summed E-state index contributed by atoms with van der Waals surface area (Å²) in [5.74, 6) is 0.129. The summed E-state index contributed by atoms with van der Waals surface area (Å²) in [5, 5.41) is 3.22. The van der Waals surface area contributed by atoms with Gasteiger partial charge in [-0.05, 0) is 73.9 Å². The molecule has 0 saturated heterocycles. The van der Waals surface area contributed by atoms with Gasteiger partial charge in [0.2, 0.25) is 5.91 Å². The second kappa shape index (κ2) is 7.08. The van der Waals surface area contributed by atoms with E-state index in [1.54, 1.807) is 0 Å². The number of carbonyl (C=O) groups is 1. The van der Waals surface area contributed by atoms with Gasteiger partial charge in [-0.15, -0.1) is 0 Å². The van der Waals surface area contributed by atoms with Gasteiger partial charge < -0.3 is 11.1 Å². The molecular formula is C21H26N2O. The van der Waals surface area contributed by atoms with Crippen LogP contribution in [0.25, 0.3) is 0 Å². The van der Waals surface area contributed by atoms with E-state index >= 15 is 0 Å². The number of anilines is 1. The van der Waals surface area contributed by atoms with Gasteiger partial charge in [0.1, 0.15) is 0 Å². The summed E-state index contributed by atoms with van der Waals surface area (Å²) in [4.78, 5) is 12.4. The first-order valence-electron chi connectivity index (χ1n) is 8.77. The molecule has 24 heavy (non-hydrogen) atoms. The Morgan fingerprint density at radius 1 is 1.21 bits per heavy atom. The normalized spacial score (nSPS) is 16.5. The second-order valence-electron chi connectivity index (χ2n) is 6.90. The lowest BCUT2D eigenvalue weighted by Gasteiger charge is -2.26. The monoisotopic (exact) mass is 322 g/mol. The Labute approximate surface area is 144 Å². The summed E-state index contributed by atoms with van der Waals surface area (Å²) >= 11 is 0. The van der Waals surface area contributed by atoms with Crippen molar-refractivity contribution in [3.05, 3.63) is 64.2 Å². The number of hydrogen-bond acceptors (Lipinski definition) is 2. The lowest BCUT2D eigenvalue weighted by atomic mass is 9.87. The number of aryl methyl sites for hydroxylation is 4. The zero-order valence-corrected chi connectivity index (χ0v) is 14.6. The molecule has 0 spiro atoms. The van der Waals surface area contributed by atoms with Crippen molar-refractivity contribution in [2.24, 2.45) is 0 Å². The van der Waals surface area contributed by atoms with Crippen LogP contribution in [0.3, 0.4) is 0 Å². The summed E-state index contributed by atoms with van der Waals surface area (Å²) in [7, 11) is 0. The minimum atomic E-state index is 0.126. The molecule has 1 atom stereocenters. The standard InChI is InChI=1S/C21H26N2O/c1-14-6-7-16(15(2)12-14)8-11-21(24)23-20-5-3-4-17-13-18(22)9-10-19(17)20/h6-7,9-10,12-13,20H,3-5,8,11,22H2,1-2H3,(H,23,24). The molecule has 0 aromatic heterocycles. The van der Waals surface area contributed by atoms with Crippen LogP contribution in [0, 0.1) is 13.8 Å². The van der Waals surface area contributed by atoms with Crippen molar-refractivity contribution >= 4 is 11.6 Å². The maximum Gasteiger partial charge on any atom is 0.220 e. The molecule has 3 N–H and O–H groups in total. The third kappa shape index (κ3) is 3.78. The molecule has 0 radical (unpaired) electrons. The number of fused-ring (bicyclic) bond motifs is 1. The molecule has 0 saturated carbocycles. The smallest absolute Gasteiger partial charge is 0.220 e. The van der Waals surface area contributed by atoms with Crippen LogP contribution in [0.1, 0.15) is 53.1 Å². The van der Waals surface area contributed by atoms with E-state index in [9.17, 15) is 4.79 Å². The number of nitrogens with one attached hydrogen (secondary N) is 1. The van der Waals surface area contributed by atoms with Crippen LogP contribution in [0.5, 0.6) is 0 Å². The van der Waals surface area contributed by atoms with E-state index in [1.165, 1.54) is 27.8 Å². The molecule has 1 aliphatic carbocycles. The first-order valence-corrected chi connectivity index (χ1v) is 8.77. The van der Waals surface area contributed by atoms with Crippen molar-refractivity contribution in [2.75, 3.05) is 5.73 Å². The minimum Gasteiger partial charge on any atom is -0.399 e. The Kier molecular flexibility index (Phi) is 4.89. The molecule has 0 aliphatic heterocycles. The summed E-state index contributed by atoms with van der Waals surface area (Å²) in [5.41, 5.74) is 13.0. The molecule has 3 nitrogen and oxygen atoms in total. The number of amides is 1. The fraction of sp³-hybridized carbons (Fsp3) is 0.381. The van der Waals surface area contributed by atoms with Gasteiger partial charge in [-0.25, -0.2) is 0 Å². The SMILES string of the molecule is Cc1ccc(CCC(=O)NC2CCCc3cc(N)ccc32)c(C)c1. The van der Waals surface area contributed by atoms with E-state index in [4.69, 9.17) is 5.73 Å². The van der Waals surface area contributed by atoms with E-state index in [-0.39, 0.29) is 11.9 Å². The van der Waals surface area contributed by atoms with E-state index < -0.39 is 0 Å². The van der Waals surface area contributed by atoms with Gasteiger partial charge in [-0.1, -0.05) is 29.8 Å². The fourth-order valence-corrected chi connectivity index (χ4v) is 3.63. The molecule has 1 aliphatic rings. The Morgan fingerprint density at radius 2 is 2.04 bits per heavy atom. The molecule has 0 bridgehead atoms. The van der Waals surface area contributed by atoms with Crippen LogP contribution in [-0.4, -0.2) is 5.91 Å². The first-order chi connectivity index (χ1) is 11.5. The van der Waals surface area contributed by atoms with Crippen molar-refractivity contribution in [3.8, 4) is 0 Å². The molecule has 126 valence electrons. The van der Waals surface area contributed by atoms with Crippen LogP contribution >= 0.6 is 0 Å². The van der Waals surface area contributed by atoms with Crippen molar-refractivity contribution < 1.29 is 4.79 Å². The molecule has 1 unspecified atom stereocenters. The molecule has 0 fully saturated rings. The van der Waals surface area contributed by atoms with Crippen molar-refractivity contribution in [1.29, 1.82) is 0 Å². The molecule has 2 aromatic rings. The first kappa shape index (κ1) is 16.6. The highest BCUT2D eigenvalue weighted by Crippen LogP contribution is 2.31. The van der Waals surface area contributed by atoms with Gasteiger partial charge in [-0.3, -0.25) is 4.79 Å². The second-order valence-corrected chi connectivity index (χ2v) is 6.90. The lowest BCUT2D eigenvalue weighted by molar-refractivity contribution is -0.121. The summed E-state index contributed by atoms with van der Waals surface area (Å²) in [6.07, 6.45) is 4.48. The highest BCUT2D eigenvalue weighted by molar-refractivity contribution is 5.77. The Hall–Kier alpha value is -2.29. The Morgan fingerprint density at radius 3 is 2.83 bits per heavy atom. The quantitative estimate of drug-likeness (QED) is 0.836. The third-order valence-electron chi connectivity index (χ3n) is 4.94. The zero-order chi connectivity index (χ0) is 17.1. The number of rotatable bonds is 4. The van der Waals surface area contributed by atoms with Gasteiger partial charge in [-0.2, -0.15) is 0 Å². The summed E-state index contributed by atoms with van der Waals surface area (Å²) in [6, 6.07) is 12.6. The van der Waals surface area contributed by atoms with Crippen molar-refractivity contribution in [2.45, 2.75) is 52.0 Å². The van der Waals surface area contributed by atoms with Crippen molar-refractivity contribution in [1.82, 2.24) is 5.32 Å². The maximum atomic E-state index is 12.4. The molecular weight excluding hydrogens is 296 g/mol. The Balaban J connectivity index is 1.62. The van der Waals surface area contributed by atoms with Crippen molar-refractivity contribution in [3.63, 3.8) is 0 Å². The van der Waals surface area contributed by atoms with E-state index in [1.807, 2.05) is 12.1 Å². The van der Waals surface area contributed by atoms with Gasteiger partial charge in [0.25, 0.3) is 0 Å². The topological polar surface area (TPSA) is 55.1 Å². The summed E-state index contributed by atoms with van der Waals surface area (Å²) in [6.45, 7) is 4.21. The van der Waals surface area contributed by atoms with Gasteiger partial charge in [0.05, 0.1) is 6.04 Å². The lowest BCUT2D eigenvalue weighted by Crippen LogP contribution is -2.31. The van der Waals surface area contributed by atoms with Gasteiger partial charge >= 0.3 is 0 Å². The highest BCUT2D eigenvalue weighted by Gasteiger charge is 2.21. The fourth-order valence-electron chi connectivity index (χ4n) is 3.63. The number of benzene rings is 2. The predicted octanol–water partition coefficient (Wildman–Crippen LogP) is 4.01. The van der Waals surface area contributed by atoms with E-state index in [0.29, 0.717) is 6.42 Å². The molecule has 2 aromatic carbocycles. The predicted molar refractivity (Wildman–Crippen MR) is 98.9 cm³/mol. The van der Waals surface area contributed by atoms with Crippen LogP contribution in [-0.2, 0) is 17.6 Å². The molecule has 3 heteroatoms. The largest absolute Gasteiger partial charge is 0.399 e. The maximum absolute atomic E-state index is 12.4. The average molecular weight is 322 g/mol. The number of hydrogen-bond donors (Lipinski definition) is 2. The minimum absolute atomic E-state index is 0.126.